The molecule has 10 nitrogen and oxygen atoms in total. The highest BCUT2D eigenvalue weighted by Gasteiger charge is 2.38. The Morgan fingerprint density at radius 1 is 1.03 bits per heavy atom. The Kier molecular flexibility index (Phi) is 11.0. The van der Waals surface area contributed by atoms with Crippen LogP contribution >= 0.6 is 0 Å². The summed E-state index contributed by atoms with van der Waals surface area (Å²) in [5, 5.41) is 18.4. The molecule has 0 saturated heterocycles. The van der Waals surface area contributed by atoms with E-state index in [-0.39, 0.29) is 6.10 Å². The molecule has 4 heterocycles. The number of alkyl halides is 6. The monoisotopic (exact) mass is 566 g/mol. The van der Waals surface area contributed by atoms with Crippen molar-refractivity contribution in [2.75, 3.05) is 6.54 Å². The number of carbonyl (C=O) groups is 2. The molecule has 0 spiro atoms. The highest BCUT2D eigenvalue weighted by Crippen LogP contribution is 2.19. The summed E-state index contributed by atoms with van der Waals surface area (Å²) >= 11 is 0. The molecule has 1 unspecified atom stereocenters. The van der Waals surface area contributed by atoms with Crippen molar-refractivity contribution < 1.29 is 55.4 Å². The van der Waals surface area contributed by atoms with Crippen LogP contribution in [0.3, 0.4) is 0 Å². The van der Waals surface area contributed by atoms with Crippen LogP contribution in [0.2, 0.25) is 0 Å². The van der Waals surface area contributed by atoms with E-state index in [1.807, 2.05) is 31.2 Å². The van der Waals surface area contributed by atoms with E-state index in [0.29, 0.717) is 6.61 Å². The van der Waals surface area contributed by atoms with Crippen molar-refractivity contribution in [3.05, 3.63) is 71.6 Å². The number of nitrogens with zero attached hydrogens (tertiary/aromatic N) is 4. The van der Waals surface area contributed by atoms with Gasteiger partial charge in [0, 0.05) is 50.3 Å². The Morgan fingerprint density at radius 3 is 2.18 bits per heavy atom. The van der Waals surface area contributed by atoms with Gasteiger partial charge in [-0.15, -0.1) is 0 Å². The third-order valence-electron chi connectivity index (χ3n) is 4.91. The van der Waals surface area contributed by atoms with E-state index >= 15 is 0 Å². The van der Waals surface area contributed by atoms with Gasteiger partial charge in [-0.1, -0.05) is 11.2 Å². The predicted octanol–water partition coefficient (Wildman–Crippen LogP) is 4.05. The number of ether oxygens (including phenoxy) is 1. The Bertz CT molecular complexity index is 1170. The highest BCUT2D eigenvalue weighted by atomic mass is 19.4. The molecular weight excluding hydrogens is 542 g/mol. The Morgan fingerprint density at radius 2 is 1.67 bits per heavy atom. The first-order valence-corrected chi connectivity index (χ1v) is 11.1. The molecule has 0 bridgehead atoms. The molecule has 1 aliphatic rings. The van der Waals surface area contributed by atoms with Crippen molar-refractivity contribution in [2.24, 2.45) is 0 Å². The first-order chi connectivity index (χ1) is 18.1. The molecule has 1 aliphatic heterocycles. The lowest BCUT2D eigenvalue weighted by Crippen LogP contribution is -2.32. The van der Waals surface area contributed by atoms with Crippen LogP contribution in [0.15, 0.2) is 53.3 Å². The second-order valence-corrected chi connectivity index (χ2v) is 8.11. The second-order valence-electron chi connectivity index (χ2n) is 8.11. The minimum absolute atomic E-state index is 0.101. The third kappa shape index (κ3) is 11.2. The van der Waals surface area contributed by atoms with Crippen LogP contribution < -0.4 is 0 Å². The number of halogens is 6. The molecule has 0 fully saturated rings. The molecule has 0 aliphatic carbocycles. The summed E-state index contributed by atoms with van der Waals surface area (Å²) in [5.41, 5.74) is 3.21. The fourth-order valence-electron chi connectivity index (χ4n) is 3.26. The predicted molar refractivity (Wildman–Crippen MR) is 120 cm³/mol. The minimum Gasteiger partial charge on any atom is -0.475 e. The van der Waals surface area contributed by atoms with E-state index in [2.05, 4.69) is 37.9 Å². The Balaban J connectivity index is 0.000000317. The summed E-state index contributed by atoms with van der Waals surface area (Å²) in [4.78, 5) is 24.5. The van der Waals surface area contributed by atoms with Crippen molar-refractivity contribution in [2.45, 2.75) is 51.6 Å². The van der Waals surface area contributed by atoms with Gasteiger partial charge in [0.25, 0.3) is 0 Å². The fraction of sp³-hybridized carbons (Fsp3) is 0.391. The van der Waals surface area contributed by atoms with Crippen LogP contribution in [0.25, 0.3) is 0 Å². The topological polar surface area (TPSA) is 131 Å². The number of carboxylic acids is 2. The van der Waals surface area contributed by atoms with Crippen LogP contribution in [0, 0.1) is 6.92 Å². The summed E-state index contributed by atoms with van der Waals surface area (Å²) in [7, 11) is 0. The van der Waals surface area contributed by atoms with E-state index in [9.17, 15) is 26.3 Å². The van der Waals surface area contributed by atoms with Gasteiger partial charge in [-0.2, -0.15) is 26.3 Å². The minimum atomic E-state index is -5.08. The van der Waals surface area contributed by atoms with E-state index < -0.39 is 24.3 Å². The van der Waals surface area contributed by atoms with Gasteiger partial charge in [0.05, 0.1) is 24.1 Å². The first-order valence-electron chi connectivity index (χ1n) is 11.1. The Hall–Kier alpha value is -3.92. The van der Waals surface area contributed by atoms with Crippen molar-refractivity contribution in [3.8, 4) is 0 Å². The summed E-state index contributed by atoms with van der Waals surface area (Å²) in [6, 6.07) is 12.2. The average molecular weight is 566 g/mol. The number of carboxylic acid groups (broad SMARTS) is 2. The molecule has 39 heavy (non-hydrogen) atoms. The molecule has 214 valence electrons. The Labute approximate surface area is 217 Å². The lowest BCUT2D eigenvalue weighted by molar-refractivity contribution is -0.193. The average Bonchev–Trinajstić information content (AvgIpc) is 3.41. The quantitative estimate of drug-likeness (QED) is 0.439. The lowest BCUT2D eigenvalue weighted by Gasteiger charge is -2.23. The van der Waals surface area contributed by atoms with E-state index in [1.165, 1.54) is 5.69 Å². The molecule has 1 atom stereocenters. The second kappa shape index (κ2) is 13.7. The molecule has 4 rings (SSSR count). The molecule has 3 aromatic rings. The molecule has 0 saturated carbocycles. The van der Waals surface area contributed by atoms with Gasteiger partial charge in [-0.05, 0) is 31.2 Å². The zero-order chi connectivity index (χ0) is 29.2. The first kappa shape index (κ1) is 31.3. The fourth-order valence-corrected chi connectivity index (χ4v) is 3.26. The maximum absolute atomic E-state index is 10.6. The van der Waals surface area contributed by atoms with Gasteiger partial charge in [0.15, 0.2) is 0 Å². The maximum Gasteiger partial charge on any atom is 0.490 e. The molecule has 16 heteroatoms. The zero-order valence-electron chi connectivity index (χ0n) is 20.3. The number of fused-ring (bicyclic) bond motifs is 1. The maximum atomic E-state index is 10.6. The van der Waals surface area contributed by atoms with Crippen LogP contribution in [0.1, 0.15) is 22.8 Å². The number of aliphatic carboxylic acids is 2. The highest BCUT2D eigenvalue weighted by molar-refractivity contribution is 5.73. The van der Waals surface area contributed by atoms with E-state index in [1.54, 1.807) is 6.20 Å². The normalized spacial score (nSPS) is 15.6. The van der Waals surface area contributed by atoms with Crippen LogP contribution in [-0.4, -0.2) is 66.8 Å². The number of rotatable bonds is 5. The summed E-state index contributed by atoms with van der Waals surface area (Å²) < 4.78 is 77.1. The molecule has 3 aromatic heterocycles. The van der Waals surface area contributed by atoms with E-state index in [0.717, 1.165) is 43.3 Å². The molecule has 0 amide bonds. The van der Waals surface area contributed by atoms with Crippen molar-refractivity contribution in [3.63, 3.8) is 0 Å². The van der Waals surface area contributed by atoms with Gasteiger partial charge in [0.1, 0.15) is 5.76 Å². The standard InChI is InChI=1S/C19H22N4O2.2C2HF3O2/c1-15-9-17(21-25-15)10-22-11-18-6-4-8-23(18)13-19(12-22)24-14-16-5-2-3-7-20-16;2*3-2(4,5)1(6)7/h2-9,19H,10-14H2,1H3;2*(H,6,7). The smallest absolute Gasteiger partial charge is 0.475 e. The molecule has 2 N–H and O–H groups in total. The van der Waals surface area contributed by atoms with Gasteiger partial charge in [-0.25, -0.2) is 9.59 Å². The number of aryl methyl sites for hydroxylation is 1. The number of hydrogen-bond acceptors (Lipinski definition) is 7. The van der Waals surface area contributed by atoms with Crippen molar-refractivity contribution in [1.82, 2.24) is 19.6 Å². The van der Waals surface area contributed by atoms with Crippen LogP contribution in [0.5, 0.6) is 0 Å². The van der Waals surface area contributed by atoms with Crippen molar-refractivity contribution >= 4 is 11.9 Å². The van der Waals surface area contributed by atoms with E-state index in [4.69, 9.17) is 29.1 Å². The van der Waals surface area contributed by atoms with Crippen LogP contribution in [-0.2, 0) is 40.6 Å². The number of pyridine rings is 1. The largest absolute Gasteiger partial charge is 0.490 e. The molecular formula is C23H24F6N4O6. The SMILES string of the molecule is Cc1cc(CN2Cc3cccn3CC(OCc3ccccn3)C2)no1.O=C(O)C(F)(F)F.O=C(O)C(F)(F)F. The zero-order valence-corrected chi connectivity index (χ0v) is 20.3. The van der Waals surface area contributed by atoms with Gasteiger partial charge in [0.2, 0.25) is 0 Å². The van der Waals surface area contributed by atoms with Gasteiger partial charge >= 0.3 is 24.3 Å². The number of aromatic nitrogens is 3. The molecule has 0 radical (unpaired) electrons. The third-order valence-corrected chi connectivity index (χ3v) is 4.91. The van der Waals surface area contributed by atoms with Crippen LogP contribution in [0.4, 0.5) is 26.3 Å². The molecule has 0 aromatic carbocycles. The summed E-state index contributed by atoms with van der Waals surface area (Å²) in [6.07, 6.45) is -6.14. The van der Waals surface area contributed by atoms with Crippen molar-refractivity contribution in [1.29, 1.82) is 0 Å². The van der Waals surface area contributed by atoms with Gasteiger partial charge in [-0.3, -0.25) is 9.88 Å². The van der Waals surface area contributed by atoms with Gasteiger partial charge < -0.3 is 24.0 Å². The summed E-state index contributed by atoms with van der Waals surface area (Å²) in [5.74, 6) is -4.67. The number of hydrogen-bond donors (Lipinski definition) is 2. The summed E-state index contributed by atoms with van der Waals surface area (Å²) in [6.45, 7) is 5.78. The lowest BCUT2D eigenvalue weighted by atomic mass is 10.3.